The third-order valence-electron chi connectivity index (χ3n) is 9.47. The summed E-state index contributed by atoms with van der Waals surface area (Å²) in [5, 5.41) is 8.68. The average Bonchev–Trinajstić information content (AvgIpc) is 3.50. The van der Waals surface area contributed by atoms with Crippen LogP contribution in [0.5, 0.6) is 5.75 Å². The van der Waals surface area contributed by atoms with Gasteiger partial charge in [0.05, 0.1) is 25.2 Å². The van der Waals surface area contributed by atoms with E-state index in [2.05, 4.69) is 10.6 Å². The van der Waals surface area contributed by atoms with Crippen molar-refractivity contribution in [2.45, 2.75) is 43.9 Å². The Morgan fingerprint density at radius 2 is 1.35 bits per heavy atom. The summed E-state index contributed by atoms with van der Waals surface area (Å²) in [5.74, 6) is -0.179. The third-order valence-corrected chi connectivity index (χ3v) is 9.97. The van der Waals surface area contributed by atoms with Crippen molar-refractivity contribution in [1.82, 2.24) is 25.3 Å². The first-order valence-electron chi connectivity index (χ1n) is 16.6. The number of carbonyl (C=O) groups excluding carboxylic acids is 3. The van der Waals surface area contributed by atoms with Crippen LogP contribution in [0.4, 0.5) is 0 Å². The number of hydrogen-bond acceptors (Lipinski definition) is 7. The number of likely N-dealkylation sites (tertiary alicyclic amines) is 1. The van der Waals surface area contributed by atoms with Gasteiger partial charge in [-0.1, -0.05) is 53.5 Å². The van der Waals surface area contributed by atoms with Crippen LogP contribution < -0.4 is 21.1 Å². The van der Waals surface area contributed by atoms with Gasteiger partial charge < -0.3 is 20.3 Å². The molecule has 12 heteroatoms. The van der Waals surface area contributed by atoms with Gasteiger partial charge >= 0.3 is 0 Å². The van der Waals surface area contributed by atoms with Crippen LogP contribution in [0.2, 0.25) is 10.0 Å². The highest BCUT2D eigenvalue weighted by molar-refractivity contribution is 6.30. The lowest BCUT2D eigenvalue weighted by Crippen LogP contribution is -2.62. The quantitative estimate of drug-likeness (QED) is 0.303. The molecule has 3 saturated heterocycles. The maximum Gasteiger partial charge on any atom is 0.262 e. The number of ether oxygens (including phenoxy) is 1. The number of carbonyl (C=O) groups is 3. The Morgan fingerprint density at radius 1 is 0.792 bits per heavy atom. The molecule has 0 radical (unpaired) electrons. The van der Waals surface area contributed by atoms with Gasteiger partial charge in [-0.15, -0.1) is 0 Å². The van der Waals surface area contributed by atoms with Crippen LogP contribution in [-0.4, -0.2) is 84.8 Å². The van der Waals surface area contributed by atoms with E-state index in [0.29, 0.717) is 59.7 Å². The molecule has 0 saturated carbocycles. The van der Waals surface area contributed by atoms with Gasteiger partial charge in [-0.25, -0.2) is 0 Å². The van der Waals surface area contributed by atoms with Crippen molar-refractivity contribution in [2.75, 3.05) is 52.4 Å². The van der Waals surface area contributed by atoms with Gasteiger partial charge in [0.25, 0.3) is 11.8 Å². The van der Waals surface area contributed by atoms with E-state index >= 15 is 4.79 Å². The molecule has 3 aliphatic heterocycles. The maximum absolute atomic E-state index is 15.1. The van der Waals surface area contributed by atoms with E-state index < -0.39 is 11.6 Å². The normalized spacial score (nSPS) is 23.2. The van der Waals surface area contributed by atoms with Crippen LogP contribution in [0.25, 0.3) is 0 Å². The van der Waals surface area contributed by atoms with E-state index in [1.54, 1.807) is 12.1 Å². The summed E-state index contributed by atoms with van der Waals surface area (Å²) >= 11 is 12.6. The smallest absolute Gasteiger partial charge is 0.262 e. The number of nitrogens with one attached hydrogen (secondary N) is 2. The van der Waals surface area contributed by atoms with Gasteiger partial charge in [-0.05, 0) is 73.7 Å². The summed E-state index contributed by atoms with van der Waals surface area (Å²) in [7, 11) is 0. The molecular weight excluding hydrogens is 651 g/mol. The van der Waals surface area contributed by atoms with Crippen molar-refractivity contribution in [3.8, 4) is 5.75 Å². The molecule has 4 N–H and O–H groups in total. The molecule has 1 unspecified atom stereocenters. The fourth-order valence-corrected chi connectivity index (χ4v) is 7.30. The zero-order valence-electron chi connectivity index (χ0n) is 27.1. The standard InChI is InChI=1S/C36H42Cl2N6O4/c1-2-48-30-22-26(34(46)43-16-4-3-5-17-43)10-15-29(30)36(35(47)44-20-18-42(19-21-44)23-31(39)45)40-32(24-6-11-27(37)12-7-24)33(41-36)25-8-13-28(38)14-9-25/h6-15,22,32-33,40-41H,2-5,16-21,23H2,1H3,(H2,39,45)/t32-,33+,36?. The Balaban J connectivity index is 1.45. The van der Waals surface area contributed by atoms with Crippen LogP contribution in [-0.2, 0) is 15.3 Å². The topological polar surface area (TPSA) is 120 Å². The molecule has 3 heterocycles. The van der Waals surface area contributed by atoms with Crippen LogP contribution in [0, 0.1) is 0 Å². The monoisotopic (exact) mass is 692 g/mol. The van der Waals surface area contributed by atoms with Gasteiger partial charge in [0.1, 0.15) is 5.75 Å². The van der Waals surface area contributed by atoms with Crippen molar-refractivity contribution in [3.05, 3.63) is 99.0 Å². The van der Waals surface area contributed by atoms with Crippen LogP contribution in [0.1, 0.15) is 65.3 Å². The Morgan fingerprint density at radius 3 is 1.88 bits per heavy atom. The lowest BCUT2D eigenvalue weighted by Gasteiger charge is -2.40. The molecule has 0 aromatic heterocycles. The SMILES string of the molecule is CCOc1cc(C(=O)N2CCCCC2)ccc1C1(C(=O)N2CCN(CC(N)=O)CC2)N[C@H](c2ccc(Cl)cc2)[C@H](c2ccc(Cl)cc2)N1. The van der Waals surface area contributed by atoms with Crippen molar-refractivity contribution < 1.29 is 19.1 Å². The minimum Gasteiger partial charge on any atom is -0.493 e. The van der Waals surface area contributed by atoms with E-state index in [4.69, 9.17) is 33.7 Å². The van der Waals surface area contributed by atoms with Crippen LogP contribution >= 0.6 is 23.2 Å². The second kappa shape index (κ2) is 14.8. The molecule has 0 spiro atoms. The number of primary amides is 1. The first kappa shape index (κ1) is 34.2. The minimum atomic E-state index is -1.45. The molecule has 6 rings (SSSR count). The predicted molar refractivity (Wildman–Crippen MR) is 186 cm³/mol. The van der Waals surface area contributed by atoms with Crippen LogP contribution in [0.3, 0.4) is 0 Å². The number of hydrogen-bond donors (Lipinski definition) is 3. The van der Waals surface area contributed by atoms with Crippen molar-refractivity contribution in [1.29, 1.82) is 0 Å². The van der Waals surface area contributed by atoms with Crippen molar-refractivity contribution in [3.63, 3.8) is 0 Å². The van der Waals surface area contributed by atoms with Gasteiger partial charge in [-0.3, -0.25) is 29.9 Å². The third kappa shape index (κ3) is 7.18. The maximum atomic E-state index is 15.1. The summed E-state index contributed by atoms with van der Waals surface area (Å²) in [6, 6.07) is 19.8. The molecule has 0 aliphatic carbocycles. The molecule has 3 aromatic carbocycles. The highest BCUT2D eigenvalue weighted by Gasteiger charge is 2.54. The van der Waals surface area contributed by atoms with Gasteiger partial charge in [0.2, 0.25) is 5.91 Å². The molecule has 3 fully saturated rings. The summed E-state index contributed by atoms with van der Waals surface area (Å²) in [4.78, 5) is 45.9. The van der Waals surface area contributed by atoms with E-state index in [1.165, 1.54) is 0 Å². The number of nitrogens with zero attached hydrogens (tertiary/aromatic N) is 3. The zero-order valence-corrected chi connectivity index (χ0v) is 28.6. The molecule has 3 aromatic rings. The first-order chi connectivity index (χ1) is 23.2. The molecule has 3 atom stereocenters. The van der Waals surface area contributed by atoms with E-state index in [1.807, 2.05) is 76.2 Å². The first-order valence-corrected chi connectivity index (χ1v) is 17.4. The Hall–Kier alpha value is -3.67. The number of benzene rings is 3. The van der Waals surface area contributed by atoms with E-state index in [0.717, 1.165) is 43.5 Å². The lowest BCUT2D eigenvalue weighted by atomic mass is 9.94. The van der Waals surface area contributed by atoms with Gasteiger partial charge in [0.15, 0.2) is 5.66 Å². The molecule has 0 bridgehead atoms. The minimum absolute atomic E-state index is 0.0430. The molecule has 10 nitrogen and oxygen atoms in total. The van der Waals surface area contributed by atoms with Crippen molar-refractivity contribution in [2.24, 2.45) is 5.73 Å². The predicted octanol–water partition coefficient (Wildman–Crippen LogP) is 4.48. The Bertz CT molecular complexity index is 1570. The highest BCUT2D eigenvalue weighted by atomic mass is 35.5. The van der Waals surface area contributed by atoms with Crippen LogP contribution in [0.15, 0.2) is 66.7 Å². The summed E-state index contributed by atoms with van der Waals surface area (Å²) < 4.78 is 6.25. The van der Waals surface area contributed by atoms with E-state index in [-0.39, 0.29) is 30.4 Å². The molecule has 254 valence electrons. The Kier molecular flexibility index (Phi) is 10.6. The fraction of sp³-hybridized carbons (Fsp3) is 0.417. The van der Waals surface area contributed by atoms with Gasteiger partial charge in [0, 0.05) is 60.4 Å². The number of nitrogens with two attached hydrogens (primary N) is 1. The number of halogens is 2. The number of amides is 3. The average molecular weight is 694 g/mol. The summed E-state index contributed by atoms with van der Waals surface area (Å²) in [6.45, 7) is 5.65. The molecule has 3 amide bonds. The zero-order chi connectivity index (χ0) is 33.8. The van der Waals surface area contributed by atoms with Crippen molar-refractivity contribution >= 4 is 40.9 Å². The Labute approximate surface area is 291 Å². The number of piperidine rings is 1. The largest absolute Gasteiger partial charge is 0.493 e. The van der Waals surface area contributed by atoms with E-state index in [9.17, 15) is 9.59 Å². The number of rotatable bonds is 9. The van der Waals surface area contributed by atoms with Gasteiger partial charge in [-0.2, -0.15) is 0 Å². The lowest BCUT2D eigenvalue weighted by molar-refractivity contribution is -0.141. The molecule has 3 aliphatic rings. The highest BCUT2D eigenvalue weighted by Crippen LogP contribution is 2.45. The second-order valence-corrected chi connectivity index (χ2v) is 13.5. The fourth-order valence-electron chi connectivity index (χ4n) is 7.05. The number of piperazine rings is 1. The molecular formula is C36H42Cl2N6O4. The summed E-state index contributed by atoms with van der Waals surface area (Å²) in [5.41, 5.74) is 6.99. The second-order valence-electron chi connectivity index (χ2n) is 12.6. The molecule has 48 heavy (non-hydrogen) atoms. The summed E-state index contributed by atoms with van der Waals surface area (Å²) in [6.07, 6.45) is 3.09.